The molecule has 7 aromatic rings. The molecule has 7 amide bonds. The molecular formula is C56H58N10O10. The van der Waals surface area contributed by atoms with Gasteiger partial charge in [-0.25, -0.2) is 4.79 Å². The highest BCUT2D eigenvalue weighted by Gasteiger charge is 2.41. The Bertz CT molecular complexity index is 3470. The van der Waals surface area contributed by atoms with Gasteiger partial charge in [0.25, 0.3) is 0 Å². The van der Waals surface area contributed by atoms with Crippen molar-refractivity contribution in [2.75, 3.05) is 11.9 Å². The lowest BCUT2D eigenvalue weighted by Gasteiger charge is -2.30. The van der Waals surface area contributed by atoms with Crippen LogP contribution >= 0.6 is 0 Å². The SMILES string of the molecule is CC1=NC(C(=O)NC(CC(N)=O)C(=O)N2CCCC2C(=O)NC(Cc2ccc(O)cc2)C(=O)NC(Cc2c[nH]c3ccccc23)C(=O)NC(Cc2c[nH]c3ccccc23)C(=O)Nc2ccc3c(C)cc(=O)oc3c2)CC1. The predicted octanol–water partition coefficient (Wildman–Crippen LogP) is 3.87. The zero-order valence-electron chi connectivity index (χ0n) is 41.8. The van der Waals surface area contributed by atoms with Crippen LogP contribution in [-0.4, -0.2) is 110 Å². The molecule has 76 heavy (non-hydrogen) atoms. The van der Waals surface area contributed by atoms with E-state index < -0.39 is 89.6 Å². The highest BCUT2D eigenvalue weighted by molar-refractivity contribution is 6.02. The Balaban J connectivity index is 1.00. The molecule has 10 N–H and O–H groups in total. The molecule has 392 valence electrons. The van der Waals surface area contributed by atoms with Gasteiger partial charge in [0.2, 0.25) is 41.4 Å². The van der Waals surface area contributed by atoms with Crippen molar-refractivity contribution in [2.45, 2.75) is 101 Å². The number of nitrogens with zero attached hydrogens (tertiary/aromatic N) is 2. The van der Waals surface area contributed by atoms with Gasteiger partial charge in [0.05, 0.1) is 6.42 Å². The number of aromatic hydroxyl groups is 1. The standard InChI is InChI=1S/C56H58N10O10/c1-30-22-50(69)76-48-26-35(16-19-37(30)48)61-52(71)44(24-33-28-58-40-10-5-3-8-38(33)40)62-54(73)45(25-34-29-59-41-11-6-4-9-39(34)41)63-53(72)43(23-32-14-17-36(67)18-15-32)64-55(74)47-12-7-21-66(47)56(75)46(27-49(57)68)65-51(70)42-20-13-31(2)60-42/h3-6,8-11,14-19,22,26,28-29,42-47,58-59,67H,7,12-13,20-21,23-25,27H2,1-2H3,(H2,57,68)(H,61,71)(H,62,73)(H,63,72)(H,64,74)(H,65,70). The third-order valence-electron chi connectivity index (χ3n) is 14.0. The number of benzene rings is 4. The molecule has 6 unspecified atom stereocenters. The van der Waals surface area contributed by atoms with Crippen molar-refractivity contribution >= 4 is 85.5 Å². The Labute approximate surface area is 435 Å². The number of fused-ring (bicyclic) bond motifs is 3. The number of rotatable bonds is 19. The fraction of sp³-hybridized carbons (Fsp3) is 0.304. The Morgan fingerprint density at radius 2 is 1.32 bits per heavy atom. The van der Waals surface area contributed by atoms with Gasteiger partial charge in [-0.1, -0.05) is 48.5 Å². The summed E-state index contributed by atoms with van der Waals surface area (Å²) in [6.07, 6.45) is 4.38. The number of hydrogen-bond acceptors (Lipinski definition) is 11. The van der Waals surface area contributed by atoms with Crippen molar-refractivity contribution in [3.05, 3.63) is 142 Å². The minimum atomic E-state index is -1.38. The molecule has 9 rings (SSSR count). The maximum atomic E-state index is 15.0. The normalized spacial score (nSPS) is 16.9. The molecule has 6 atom stereocenters. The lowest BCUT2D eigenvalue weighted by Crippen LogP contribution is -2.60. The number of nitrogens with one attached hydrogen (secondary N) is 7. The summed E-state index contributed by atoms with van der Waals surface area (Å²) in [6, 6.07) is 20.0. The molecule has 0 aliphatic carbocycles. The number of carbonyl (C=O) groups excluding carboxylic acids is 7. The summed E-state index contributed by atoms with van der Waals surface area (Å²) in [5, 5.41) is 26.5. The highest BCUT2D eigenvalue weighted by Crippen LogP contribution is 2.26. The van der Waals surface area contributed by atoms with Crippen LogP contribution in [0.2, 0.25) is 0 Å². The van der Waals surface area contributed by atoms with E-state index in [0.717, 1.165) is 27.5 Å². The Hall–Kier alpha value is -9.07. The number of amides is 7. The molecule has 1 fully saturated rings. The highest BCUT2D eigenvalue weighted by atomic mass is 16.4. The molecule has 0 spiro atoms. The summed E-state index contributed by atoms with van der Waals surface area (Å²) in [6.45, 7) is 3.67. The summed E-state index contributed by atoms with van der Waals surface area (Å²) >= 11 is 0. The summed E-state index contributed by atoms with van der Waals surface area (Å²) < 4.78 is 5.44. The number of anilines is 1. The zero-order chi connectivity index (χ0) is 53.6. The Kier molecular flexibility index (Phi) is 15.4. The molecule has 0 saturated carbocycles. The molecule has 20 heteroatoms. The monoisotopic (exact) mass is 1030 g/mol. The first-order valence-electron chi connectivity index (χ1n) is 25.1. The lowest BCUT2D eigenvalue weighted by atomic mass is 10.00. The van der Waals surface area contributed by atoms with Crippen molar-refractivity contribution in [3.8, 4) is 5.75 Å². The average Bonchev–Trinajstić information content (AvgIpc) is 4.23. The third kappa shape index (κ3) is 12.0. The van der Waals surface area contributed by atoms with E-state index in [9.17, 15) is 38.7 Å². The number of aromatic amines is 2. The number of aromatic nitrogens is 2. The minimum Gasteiger partial charge on any atom is -0.508 e. The van der Waals surface area contributed by atoms with Crippen molar-refractivity contribution in [2.24, 2.45) is 10.7 Å². The lowest BCUT2D eigenvalue weighted by molar-refractivity contribution is -0.143. The van der Waals surface area contributed by atoms with Crippen LogP contribution in [0.4, 0.5) is 5.69 Å². The predicted molar refractivity (Wildman–Crippen MR) is 284 cm³/mol. The second kappa shape index (κ2) is 22.6. The van der Waals surface area contributed by atoms with Crippen molar-refractivity contribution in [1.82, 2.24) is 36.1 Å². The number of aryl methyl sites for hydroxylation is 1. The molecule has 1 saturated heterocycles. The van der Waals surface area contributed by atoms with E-state index in [1.54, 1.807) is 50.5 Å². The first-order valence-corrected chi connectivity index (χ1v) is 25.1. The first kappa shape index (κ1) is 51.8. The van der Waals surface area contributed by atoms with Crippen molar-refractivity contribution in [3.63, 3.8) is 0 Å². The van der Waals surface area contributed by atoms with E-state index in [0.29, 0.717) is 52.6 Å². The molecule has 4 aromatic carbocycles. The number of primary amides is 1. The molecule has 0 bridgehead atoms. The average molecular weight is 1030 g/mol. The van der Waals surface area contributed by atoms with Crippen LogP contribution in [0.3, 0.4) is 0 Å². The van der Waals surface area contributed by atoms with E-state index in [1.807, 2.05) is 48.5 Å². The van der Waals surface area contributed by atoms with Gasteiger partial charge in [-0.2, -0.15) is 0 Å². The van der Waals surface area contributed by atoms with Crippen LogP contribution in [-0.2, 0) is 52.8 Å². The third-order valence-corrected chi connectivity index (χ3v) is 14.0. The fourth-order valence-electron chi connectivity index (χ4n) is 10.1. The topological polar surface area (TPSA) is 303 Å². The van der Waals surface area contributed by atoms with Crippen molar-refractivity contribution in [1.29, 1.82) is 0 Å². The van der Waals surface area contributed by atoms with Crippen molar-refractivity contribution < 1.29 is 43.1 Å². The summed E-state index contributed by atoms with van der Waals surface area (Å²) in [5.74, 6) is -4.97. The number of phenolic OH excluding ortho intramolecular Hbond substituents is 1. The Morgan fingerprint density at radius 1 is 0.711 bits per heavy atom. The van der Waals surface area contributed by atoms with Crippen LogP contribution in [0.5, 0.6) is 5.75 Å². The number of aliphatic imine (C=N–C) groups is 1. The maximum absolute atomic E-state index is 15.0. The van der Waals surface area contributed by atoms with Gasteiger partial charge < -0.3 is 56.7 Å². The quantitative estimate of drug-likeness (QED) is 0.0527. The summed E-state index contributed by atoms with van der Waals surface area (Å²) in [7, 11) is 0. The van der Waals surface area contributed by atoms with Crippen LogP contribution < -0.4 is 37.9 Å². The molecule has 20 nitrogen and oxygen atoms in total. The van der Waals surface area contributed by atoms with Gasteiger partial charge in [0.1, 0.15) is 47.6 Å². The van der Waals surface area contributed by atoms with Crippen LogP contribution in [0.15, 0.2) is 124 Å². The van der Waals surface area contributed by atoms with E-state index >= 15 is 4.79 Å². The number of likely N-dealkylation sites (tertiary alicyclic amines) is 1. The maximum Gasteiger partial charge on any atom is 0.336 e. The molecular weight excluding hydrogens is 973 g/mol. The summed E-state index contributed by atoms with van der Waals surface area (Å²) in [5.41, 5.74) is 10.5. The number of H-pyrrole nitrogens is 2. The zero-order valence-corrected chi connectivity index (χ0v) is 41.8. The number of phenols is 1. The van der Waals surface area contributed by atoms with E-state index in [2.05, 4.69) is 41.5 Å². The van der Waals surface area contributed by atoms with E-state index in [4.69, 9.17) is 10.2 Å². The molecule has 2 aliphatic rings. The molecule has 2 aliphatic heterocycles. The van der Waals surface area contributed by atoms with Gasteiger partial charge in [-0.3, -0.25) is 38.6 Å². The van der Waals surface area contributed by atoms with Gasteiger partial charge in [0.15, 0.2) is 0 Å². The smallest absolute Gasteiger partial charge is 0.336 e. The largest absolute Gasteiger partial charge is 0.508 e. The Morgan fingerprint density at radius 3 is 1.93 bits per heavy atom. The molecule has 0 radical (unpaired) electrons. The van der Waals surface area contributed by atoms with Crippen LogP contribution in [0.25, 0.3) is 32.8 Å². The van der Waals surface area contributed by atoms with Gasteiger partial charge >= 0.3 is 5.63 Å². The van der Waals surface area contributed by atoms with Gasteiger partial charge in [-0.15, -0.1) is 0 Å². The second-order valence-corrected chi connectivity index (χ2v) is 19.5. The minimum absolute atomic E-state index is 0.00538. The van der Waals surface area contributed by atoms with E-state index in [1.165, 1.54) is 29.2 Å². The van der Waals surface area contributed by atoms with E-state index in [-0.39, 0.29) is 43.6 Å². The fourth-order valence-corrected chi connectivity index (χ4v) is 10.1. The summed E-state index contributed by atoms with van der Waals surface area (Å²) in [4.78, 5) is 123. The van der Waals surface area contributed by atoms with Crippen LogP contribution in [0, 0.1) is 6.92 Å². The number of nitrogens with two attached hydrogens (primary N) is 1. The van der Waals surface area contributed by atoms with Gasteiger partial charge in [-0.05, 0) is 98.2 Å². The van der Waals surface area contributed by atoms with Gasteiger partial charge in [0, 0.05) is 88.9 Å². The van der Waals surface area contributed by atoms with Crippen LogP contribution in [0.1, 0.15) is 61.3 Å². The first-order chi connectivity index (χ1) is 36.6. The second-order valence-electron chi connectivity index (χ2n) is 19.5. The number of hydrogen-bond donors (Lipinski definition) is 9. The molecule has 5 heterocycles. The number of carbonyl (C=O) groups is 7. The number of para-hydroxylation sites is 2. The molecule has 3 aromatic heterocycles.